The molecule has 2 N–H and O–H groups in total. The summed E-state index contributed by atoms with van der Waals surface area (Å²) >= 11 is 4.53. The fourth-order valence-corrected chi connectivity index (χ4v) is 5.34. The average Bonchev–Trinajstić information content (AvgIpc) is 2.84. The van der Waals surface area contributed by atoms with Crippen molar-refractivity contribution in [3.63, 3.8) is 0 Å². The van der Waals surface area contributed by atoms with E-state index in [2.05, 4.69) is 99.1 Å². The van der Waals surface area contributed by atoms with Crippen molar-refractivity contribution in [3.05, 3.63) is 60.7 Å². The summed E-state index contributed by atoms with van der Waals surface area (Å²) in [6, 6.07) is 14.2. The highest BCUT2D eigenvalue weighted by Gasteiger charge is 2.16. The van der Waals surface area contributed by atoms with Crippen molar-refractivity contribution >= 4 is 69.2 Å². The Balaban J connectivity index is 1.55. The Kier molecular flexibility index (Phi) is 8.50. The van der Waals surface area contributed by atoms with Gasteiger partial charge < -0.3 is 19.7 Å². The van der Waals surface area contributed by atoms with Gasteiger partial charge in [-0.1, -0.05) is 30.3 Å². The number of ether oxygens (including phenoxy) is 2. The molecule has 0 bridgehead atoms. The molecule has 0 atom stereocenters. The number of methoxy groups -OCH3 is 1. The van der Waals surface area contributed by atoms with E-state index >= 15 is 0 Å². The maximum absolute atomic E-state index is 5.53. The zero-order valence-corrected chi connectivity index (χ0v) is 22.3. The molecule has 11 heteroatoms. The topological polar surface area (TPSA) is 96.8 Å². The molecule has 33 heavy (non-hydrogen) atoms. The van der Waals surface area contributed by atoms with Gasteiger partial charge in [-0.3, -0.25) is 0 Å². The number of benzene rings is 2. The van der Waals surface area contributed by atoms with Crippen molar-refractivity contribution < 1.29 is 9.47 Å². The Labute approximate surface area is 219 Å². The molecular weight excluding hydrogens is 648 g/mol. The van der Waals surface area contributed by atoms with Gasteiger partial charge in [0.05, 0.1) is 30.1 Å². The third-order valence-electron chi connectivity index (χ3n) is 4.82. The van der Waals surface area contributed by atoms with Gasteiger partial charge >= 0.3 is 0 Å². The molecule has 9 nitrogen and oxygen atoms in total. The minimum absolute atomic E-state index is 0.359. The normalized spacial score (nSPS) is 13.8. The Morgan fingerprint density at radius 3 is 2.61 bits per heavy atom. The second-order valence-electron chi connectivity index (χ2n) is 7.10. The molecule has 172 valence electrons. The van der Waals surface area contributed by atoms with Crippen molar-refractivity contribution in [1.29, 1.82) is 0 Å². The van der Waals surface area contributed by atoms with Crippen molar-refractivity contribution in [2.24, 2.45) is 5.10 Å². The number of aromatic nitrogens is 3. The SMILES string of the molecule is COc1c(I)cc(I)cc1C=NNc1nc(NCc2ccccc2)nc(N2CCOCC2)n1. The van der Waals surface area contributed by atoms with Crippen LogP contribution >= 0.6 is 45.2 Å². The number of morpholine rings is 1. The molecule has 1 aliphatic rings. The number of hydrazone groups is 1. The Morgan fingerprint density at radius 1 is 1.09 bits per heavy atom. The van der Waals surface area contributed by atoms with Gasteiger partial charge in [-0.25, -0.2) is 5.43 Å². The zero-order chi connectivity index (χ0) is 23.0. The molecule has 2 heterocycles. The van der Waals surface area contributed by atoms with Crippen LogP contribution in [0.25, 0.3) is 0 Å². The maximum atomic E-state index is 5.53. The maximum Gasteiger partial charge on any atom is 0.250 e. The first-order chi connectivity index (χ1) is 16.1. The van der Waals surface area contributed by atoms with Crippen LogP contribution in [0.3, 0.4) is 0 Å². The number of nitrogens with zero attached hydrogens (tertiary/aromatic N) is 5. The Morgan fingerprint density at radius 2 is 1.85 bits per heavy atom. The van der Waals surface area contributed by atoms with Gasteiger partial charge in [-0.2, -0.15) is 20.1 Å². The van der Waals surface area contributed by atoms with E-state index in [9.17, 15) is 0 Å². The molecule has 4 rings (SSSR count). The second-order valence-corrected chi connectivity index (χ2v) is 9.51. The lowest BCUT2D eigenvalue weighted by atomic mass is 10.2. The minimum Gasteiger partial charge on any atom is -0.495 e. The van der Waals surface area contributed by atoms with Gasteiger partial charge in [0.1, 0.15) is 5.75 Å². The number of hydrogen-bond donors (Lipinski definition) is 2. The van der Waals surface area contributed by atoms with Crippen LogP contribution in [0.15, 0.2) is 47.6 Å². The summed E-state index contributed by atoms with van der Waals surface area (Å²) in [4.78, 5) is 15.8. The molecule has 0 aliphatic carbocycles. The van der Waals surface area contributed by atoms with Crippen LogP contribution in [0.2, 0.25) is 0 Å². The zero-order valence-electron chi connectivity index (χ0n) is 18.0. The number of anilines is 3. The van der Waals surface area contributed by atoms with E-state index in [1.54, 1.807) is 13.3 Å². The molecule has 0 radical (unpaired) electrons. The van der Waals surface area contributed by atoms with Gasteiger partial charge in [0.25, 0.3) is 0 Å². The quantitative estimate of drug-likeness (QED) is 0.211. The van der Waals surface area contributed by atoms with Crippen molar-refractivity contribution in [1.82, 2.24) is 15.0 Å². The second kappa shape index (κ2) is 11.7. The summed E-state index contributed by atoms with van der Waals surface area (Å²) in [6.07, 6.45) is 1.71. The largest absolute Gasteiger partial charge is 0.495 e. The summed E-state index contributed by atoms with van der Waals surface area (Å²) in [6.45, 7) is 3.34. The van der Waals surface area contributed by atoms with Crippen molar-refractivity contribution in [3.8, 4) is 5.75 Å². The standard InChI is InChI=1S/C22H23I2N7O2/c1-32-19-16(11-17(23)12-18(19)24)14-26-30-21-27-20(25-13-15-5-3-2-4-6-15)28-22(29-21)31-7-9-33-10-8-31/h2-6,11-12,14H,7-10,13H2,1H3,(H2,25,27,28,29,30). The summed E-state index contributed by atoms with van der Waals surface area (Å²) < 4.78 is 13.1. The van der Waals surface area contributed by atoms with Crippen LogP contribution in [0.4, 0.5) is 17.8 Å². The van der Waals surface area contributed by atoms with Crippen LogP contribution in [-0.4, -0.2) is 54.6 Å². The number of rotatable bonds is 8. The first-order valence-corrected chi connectivity index (χ1v) is 12.5. The van der Waals surface area contributed by atoms with Crippen LogP contribution in [0.5, 0.6) is 5.75 Å². The minimum atomic E-state index is 0.359. The summed E-state index contributed by atoms with van der Waals surface area (Å²) in [5.41, 5.74) is 4.95. The summed E-state index contributed by atoms with van der Waals surface area (Å²) in [5, 5.41) is 7.65. The van der Waals surface area contributed by atoms with E-state index in [0.29, 0.717) is 37.6 Å². The lowest BCUT2D eigenvalue weighted by Gasteiger charge is -2.27. The molecule has 0 spiro atoms. The first kappa shape index (κ1) is 23.9. The summed E-state index contributed by atoms with van der Waals surface area (Å²) in [5.74, 6) is 2.20. The van der Waals surface area contributed by atoms with Crippen LogP contribution in [-0.2, 0) is 11.3 Å². The molecule has 0 unspecified atom stereocenters. The van der Waals surface area contributed by atoms with Crippen LogP contribution in [0.1, 0.15) is 11.1 Å². The highest BCUT2D eigenvalue weighted by atomic mass is 127. The fraction of sp³-hybridized carbons (Fsp3) is 0.273. The molecule has 1 aromatic heterocycles. The van der Waals surface area contributed by atoms with Crippen molar-refractivity contribution in [2.75, 3.05) is 49.1 Å². The smallest absolute Gasteiger partial charge is 0.250 e. The fourth-order valence-electron chi connectivity index (χ4n) is 3.23. The number of nitrogens with one attached hydrogen (secondary N) is 2. The van der Waals surface area contributed by atoms with Gasteiger partial charge in [0.15, 0.2) is 0 Å². The molecular formula is C22H23I2N7O2. The highest BCUT2D eigenvalue weighted by Crippen LogP contribution is 2.27. The summed E-state index contributed by atoms with van der Waals surface area (Å²) in [7, 11) is 1.65. The molecule has 1 fully saturated rings. The lowest BCUT2D eigenvalue weighted by molar-refractivity contribution is 0.122. The van der Waals surface area contributed by atoms with Crippen LogP contribution in [0, 0.1) is 7.14 Å². The number of hydrogen-bond acceptors (Lipinski definition) is 9. The molecule has 1 saturated heterocycles. The van der Waals surface area contributed by atoms with Gasteiger partial charge in [0.2, 0.25) is 17.8 Å². The number of halogens is 2. The predicted molar refractivity (Wildman–Crippen MR) is 146 cm³/mol. The van der Waals surface area contributed by atoms with Crippen LogP contribution < -0.4 is 20.4 Å². The molecule has 2 aromatic carbocycles. The van der Waals surface area contributed by atoms with E-state index in [-0.39, 0.29) is 0 Å². The molecule has 0 amide bonds. The highest BCUT2D eigenvalue weighted by molar-refractivity contribution is 14.1. The van der Waals surface area contributed by atoms with E-state index in [1.807, 2.05) is 24.3 Å². The average molecular weight is 671 g/mol. The van der Waals surface area contributed by atoms with Gasteiger partial charge in [-0.15, -0.1) is 0 Å². The third kappa shape index (κ3) is 6.63. The molecule has 1 aliphatic heterocycles. The van der Waals surface area contributed by atoms with E-state index in [4.69, 9.17) is 9.47 Å². The van der Waals surface area contributed by atoms with E-state index < -0.39 is 0 Å². The monoisotopic (exact) mass is 671 g/mol. The van der Waals surface area contributed by atoms with Gasteiger partial charge in [-0.05, 0) is 62.9 Å². The third-order valence-corrected chi connectivity index (χ3v) is 6.24. The first-order valence-electron chi connectivity index (χ1n) is 10.3. The Bertz CT molecular complexity index is 1110. The van der Waals surface area contributed by atoms with Gasteiger partial charge in [0, 0.05) is 28.8 Å². The van der Waals surface area contributed by atoms with E-state index in [0.717, 1.165) is 37.1 Å². The lowest BCUT2D eigenvalue weighted by Crippen LogP contribution is -2.37. The van der Waals surface area contributed by atoms with Crippen molar-refractivity contribution in [2.45, 2.75) is 6.54 Å². The van der Waals surface area contributed by atoms with E-state index in [1.165, 1.54) is 0 Å². The predicted octanol–water partition coefficient (Wildman–Crippen LogP) is 3.98. The molecule has 0 saturated carbocycles. The molecule has 3 aromatic rings. The Hall–Kier alpha value is -2.26.